The summed E-state index contributed by atoms with van der Waals surface area (Å²) in [6.45, 7) is 5.76. The van der Waals surface area contributed by atoms with E-state index in [4.69, 9.17) is 10.9 Å². The van der Waals surface area contributed by atoms with Gasteiger partial charge in [-0.05, 0) is 20.8 Å². The summed E-state index contributed by atoms with van der Waals surface area (Å²) in [5.41, 5.74) is 4.56. The second-order valence-corrected chi connectivity index (χ2v) is 3.55. The number of oxime groups is 1. The van der Waals surface area contributed by atoms with Crippen LogP contribution in [0.2, 0.25) is 0 Å². The number of hydrogen-bond acceptors (Lipinski definition) is 3. The number of carbonyl (C=O) groups is 1. The van der Waals surface area contributed by atoms with Crippen LogP contribution in [0.4, 0.5) is 4.79 Å². The first-order valence-electron chi connectivity index (χ1n) is 4.36. The Hall–Kier alpha value is -1.46. The van der Waals surface area contributed by atoms with E-state index in [1.165, 1.54) is 4.90 Å². The van der Waals surface area contributed by atoms with Crippen LogP contribution in [0.15, 0.2) is 5.16 Å². The Kier molecular flexibility index (Phi) is 4.20. The largest absolute Gasteiger partial charge is 0.409 e. The molecule has 0 aromatic heterocycles. The average Bonchev–Trinajstić information content (AvgIpc) is 2.14. The Morgan fingerprint density at radius 2 is 2.14 bits per heavy atom. The number of carbonyl (C=O) groups excluding carboxylic acids is 1. The van der Waals surface area contributed by atoms with Gasteiger partial charge in [0, 0.05) is 13.6 Å². The van der Waals surface area contributed by atoms with E-state index in [0.717, 1.165) is 0 Å². The number of rotatable bonds is 3. The number of hydrogen-bond donors (Lipinski definition) is 3. The molecule has 0 aromatic rings. The summed E-state index contributed by atoms with van der Waals surface area (Å²) in [5.74, 6) is -0.0321. The van der Waals surface area contributed by atoms with Crippen molar-refractivity contribution in [3.8, 4) is 0 Å². The van der Waals surface area contributed by atoms with Crippen molar-refractivity contribution in [1.29, 1.82) is 0 Å². The highest BCUT2D eigenvalue weighted by Gasteiger charge is 2.26. The van der Waals surface area contributed by atoms with Gasteiger partial charge in [-0.3, -0.25) is 0 Å². The van der Waals surface area contributed by atoms with Crippen molar-refractivity contribution in [3.63, 3.8) is 0 Å². The second-order valence-electron chi connectivity index (χ2n) is 3.55. The molecule has 0 spiro atoms. The molecule has 0 aromatic carbocycles. The third-order valence-corrected chi connectivity index (χ3v) is 1.99. The van der Waals surface area contributed by atoms with Gasteiger partial charge in [-0.25, -0.2) is 4.79 Å². The lowest BCUT2D eigenvalue weighted by Gasteiger charge is -2.27. The topological polar surface area (TPSA) is 91.0 Å². The van der Waals surface area contributed by atoms with Gasteiger partial charge in [-0.15, -0.1) is 0 Å². The number of nitrogens with two attached hydrogens (primary N) is 1. The molecule has 82 valence electrons. The van der Waals surface area contributed by atoms with Crippen molar-refractivity contribution in [2.45, 2.75) is 26.3 Å². The van der Waals surface area contributed by atoms with Gasteiger partial charge in [0.2, 0.25) is 0 Å². The Bertz CT molecular complexity index is 237. The number of amidine groups is 1. The Balaban J connectivity index is 4.44. The molecule has 6 nitrogen and oxygen atoms in total. The first kappa shape index (κ1) is 12.5. The summed E-state index contributed by atoms with van der Waals surface area (Å²) in [6, 6.07) is -0.260. The van der Waals surface area contributed by atoms with Gasteiger partial charge < -0.3 is 21.2 Å². The summed E-state index contributed by atoms with van der Waals surface area (Å²) < 4.78 is 0. The van der Waals surface area contributed by atoms with E-state index in [1.54, 1.807) is 20.9 Å². The molecule has 0 aliphatic rings. The SMILES string of the molecule is CCN(C)C(=O)NC(C)(C)C(N)=NO. The zero-order valence-corrected chi connectivity index (χ0v) is 9.03. The molecule has 0 bridgehead atoms. The van der Waals surface area contributed by atoms with E-state index in [9.17, 15) is 4.79 Å². The third-order valence-electron chi connectivity index (χ3n) is 1.99. The van der Waals surface area contributed by atoms with Gasteiger partial charge in [0.1, 0.15) is 0 Å². The minimum absolute atomic E-state index is 0.0321. The molecular weight excluding hydrogens is 184 g/mol. The predicted octanol–water partition coefficient (Wildman–Crippen LogP) is 0.173. The highest BCUT2D eigenvalue weighted by Crippen LogP contribution is 2.02. The fraction of sp³-hybridized carbons (Fsp3) is 0.750. The zero-order chi connectivity index (χ0) is 11.4. The van der Waals surface area contributed by atoms with Crippen molar-refractivity contribution in [2.24, 2.45) is 10.9 Å². The van der Waals surface area contributed by atoms with Gasteiger partial charge in [0.15, 0.2) is 5.84 Å². The van der Waals surface area contributed by atoms with Gasteiger partial charge in [0.05, 0.1) is 5.54 Å². The van der Waals surface area contributed by atoms with E-state index in [1.807, 2.05) is 6.92 Å². The highest BCUT2D eigenvalue weighted by molar-refractivity contribution is 5.92. The van der Waals surface area contributed by atoms with Gasteiger partial charge in [-0.1, -0.05) is 5.16 Å². The molecule has 6 heteroatoms. The van der Waals surface area contributed by atoms with Crippen molar-refractivity contribution < 1.29 is 10.0 Å². The smallest absolute Gasteiger partial charge is 0.317 e. The molecular formula is C8H18N4O2. The summed E-state index contributed by atoms with van der Waals surface area (Å²) in [5, 5.41) is 14.0. The molecule has 0 rings (SSSR count). The molecule has 0 fully saturated rings. The molecule has 14 heavy (non-hydrogen) atoms. The van der Waals surface area contributed by atoms with Crippen molar-refractivity contribution in [3.05, 3.63) is 0 Å². The van der Waals surface area contributed by atoms with Crippen LogP contribution in [-0.4, -0.2) is 41.1 Å². The molecule has 0 heterocycles. The highest BCUT2D eigenvalue weighted by atomic mass is 16.4. The van der Waals surface area contributed by atoms with E-state index in [-0.39, 0.29) is 11.9 Å². The minimum Gasteiger partial charge on any atom is -0.409 e. The molecule has 0 radical (unpaired) electrons. The van der Waals surface area contributed by atoms with Gasteiger partial charge in [0.25, 0.3) is 0 Å². The fourth-order valence-corrected chi connectivity index (χ4v) is 0.695. The summed E-state index contributed by atoms with van der Waals surface area (Å²) >= 11 is 0. The Morgan fingerprint density at radius 1 is 1.64 bits per heavy atom. The standard InChI is InChI=1S/C8H18N4O2/c1-5-12(4)7(13)10-8(2,3)6(9)11-14/h14H,5H2,1-4H3,(H2,9,11)(H,10,13). The molecule has 4 N–H and O–H groups in total. The normalized spacial score (nSPS) is 12.4. The number of urea groups is 1. The summed E-state index contributed by atoms with van der Waals surface area (Å²) in [7, 11) is 1.66. The molecule has 0 unspecified atom stereocenters. The van der Waals surface area contributed by atoms with Gasteiger partial charge in [-0.2, -0.15) is 0 Å². The molecule has 0 atom stereocenters. The van der Waals surface area contributed by atoms with Gasteiger partial charge >= 0.3 is 6.03 Å². The molecule has 0 saturated carbocycles. The fourth-order valence-electron chi connectivity index (χ4n) is 0.695. The van der Waals surface area contributed by atoms with Crippen molar-refractivity contribution in [1.82, 2.24) is 10.2 Å². The van der Waals surface area contributed by atoms with Crippen LogP contribution in [0.1, 0.15) is 20.8 Å². The molecule has 0 aliphatic carbocycles. The van der Waals surface area contributed by atoms with Crippen LogP contribution in [-0.2, 0) is 0 Å². The lowest BCUT2D eigenvalue weighted by atomic mass is 10.1. The van der Waals surface area contributed by atoms with Crippen molar-refractivity contribution in [2.75, 3.05) is 13.6 Å². The quantitative estimate of drug-likeness (QED) is 0.264. The van der Waals surface area contributed by atoms with E-state index in [2.05, 4.69) is 10.5 Å². The first-order chi connectivity index (χ1) is 6.35. The number of nitrogens with one attached hydrogen (secondary N) is 1. The second kappa shape index (κ2) is 4.69. The lowest BCUT2D eigenvalue weighted by molar-refractivity contribution is 0.205. The zero-order valence-electron chi connectivity index (χ0n) is 9.03. The van der Waals surface area contributed by atoms with Crippen LogP contribution < -0.4 is 11.1 Å². The van der Waals surface area contributed by atoms with E-state index >= 15 is 0 Å². The first-order valence-corrected chi connectivity index (χ1v) is 4.36. The van der Waals surface area contributed by atoms with Crippen LogP contribution in [0.3, 0.4) is 0 Å². The third kappa shape index (κ3) is 3.12. The molecule has 0 saturated heterocycles. The number of nitrogens with zero attached hydrogens (tertiary/aromatic N) is 2. The number of amides is 2. The average molecular weight is 202 g/mol. The van der Waals surface area contributed by atoms with E-state index in [0.29, 0.717) is 6.54 Å². The summed E-state index contributed by atoms with van der Waals surface area (Å²) in [6.07, 6.45) is 0. The monoisotopic (exact) mass is 202 g/mol. The molecule has 2 amide bonds. The van der Waals surface area contributed by atoms with Crippen LogP contribution in [0.25, 0.3) is 0 Å². The maximum Gasteiger partial charge on any atom is 0.317 e. The predicted molar refractivity (Wildman–Crippen MR) is 54.3 cm³/mol. The molecule has 0 aliphatic heterocycles. The lowest BCUT2D eigenvalue weighted by Crippen LogP contribution is -2.56. The summed E-state index contributed by atoms with van der Waals surface area (Å²) in [4.78, 5) is 12.9. The Morgan fingerprint density at radius 3 is 2.50 bits per heavy atom. The maximum atomic E-state index is 11.4. The van der Waals surface area contributed by atoms with Crippen LogP contribution in [0, 0.1) is 0 Å². The Labute approximate surface area is 83.7 Å². The van der Waals surface area contributed by atoms with Crippen molar-refractivity contribution >= 4 is 11.9 Å². The maximum absolute atomic E-state index is 11.4. The van der Waals surface area contributed by atoms with Crippen LogP contribution >= 0.6 is 0 Å². The van der Waals surface area contributed by atoms with E-state index < -0.39 is 5.54 Å². The van der Waals surface area contributed by atoms with Crippen LogP contribution in [0.5, 0.6) is 0 Å². The minimum atomic E-state index is -0.852.